The zero-order chi connectivity index (χ0) is 13.0. The second-order valence-electron chi connectivity index (χ2n) is 5.16. The third-order valence-electron chi connectivity index (χ3n) is 3.91. The smallest absolute Gasteiger partial charge is 0.226 e. The number of ether oxygens (including phenoxy) is 1. The number of rotatable bonds is 6. The van der Waals surface area contributed by atoms with Crippen molar-refractivity contribution < 1.29 is 4.74 Å². The summed E-state index contributed by atoms with van der Waals surface area (Å²) < 4.78 is 5.43. The summed E-state index contributed by atoms with van der Waals surface area (Å²) in [5.74, 6) is 1.35. The van der Waals surface area contributed by atoms with Gasteiger partial charge in [0.2, 0.25) is 11.8 Å². The minimum absolute atomic E-state index is 0.471. The van der Waals surface area contributed by atoms with Crippen molar-refractivity contribution in [2.75, 3.05) is 18.5 Å². The van der Waals surface area contributed by atoms with Crippen LogP contribution in [-0.2, 0) is 0 Å². The number of aryl methyl sites for hydroxylation is 1. The second kappa shape index (κ2) is 5.55. The molecule has 1 aromatic heterocycles. The van der Waals surface area contributed by atoms with Gasteiger partial charge in [0.1, 0.15) is 0 Å². The third-order valence-corrected chi connectivity index (χ3v) is 3.91. The van der Waals surface area contributed by atoms with Crippen LogP contribution in [0.3, 0.4) is 0 Å². The molecule has 1 aliphatic rings. The maximum absolute atomic E-state index is 5.43. The zero-order valence-electron chi connectivity index (χ0n) is 11.6. The predicted molar refractivity (Wildman–Crippen MR) is 73.0 cm³/mol. The topological polar surface area (TPSA) is 47.0 Å². The van der Waals surface area contributed by atoms with E-state index in [2.05, 4.69) is 22.2 Å². The molecule has 1 aromatic rings. The number of hydrogen-bond acceptors (Lipinski definition) is 4. The summed E-state index contributed by atoms with van der Waals surface area (Å²) in [6.07, 6.45) is 5.22. The van der Waals surface area contributed by atoms with Crippen molar-refractivity contribution in [2.45, 2.75) is 46.5 Å². The lowest BCUT2D eigenvalue weighted by Gasteiger charge is -2.41. The van der Waals surface area contributed by atoms with Crippen LogP contribution >= 0.6 is 0 Å². The average Bonchev–Trinajstić information content (AvgIpc) is 2.28. The Bertz CT molecular complexity index is 397. The molecule has 1 aliphatic carbocycles. The summed E-state index contributed by atoms with van der Waals surface area (Å²) >= 11 is 0. The highest BCUT2D eigenvalue weighted by molar-refractivity contribution is 5.31. The molecule has 0 saturated heterocycles. The first-order chi connectivity index (χ1) is 8.67. The minimum Gasteiger partial charge on any atom is -0.478 e. The van der Waals surface area contributed by atoms with Gasteiger partial charge in [-0.25, -0.2) is 4.98 Å². The highest BCUT2D eigenvalue weighted by Gasteiger charge is 2.34. The molecule has 1 saturated carbocycles. The monoisotopic (exact) mass is 249 g/mol. The van der Waals surface area contributed by atoms with Gasteiger partial charge in [-0.3, -0.25) is 0 Å². The summed E-state index contributed by atoms with van der Waals surface area (Å²) in [5.41, 5.74) is 1.41. The van der Waals surface area contributed by atoms with Gasteiger partial charge in [-0.2, -0.15) is 4.98 Å². The van der Waals surface area contributed by atoms with Crippen molar-refractivity contribution in [1.82, 2.24) is 9.97 Å². The van der Waals surface area contributed by atoms with Crippen LogP contribution in [0, 0.1) is 12.3 Å². The predicted octanol–water partition coefficient (Wildman–Crippen LogP) is 3.18. The van der Waals surface area contributed by atoms with E-state index in [0.29, 0.717) is 23.9 Å². The van der Waals surface area contributed by atoms with Crippen LogP contribution in [0.25, 0.3) is 0 Å². The number of hydrogen-bond donors (Lipinski definition) is 1. The zero-order valence-corrected chi connectivity index (χ0v) is 11.6. The minimum atomic E-state index is 0.471. The second-order valence-corrected chi connectivity index (χ2v) is 5.16. The van der Waals surface area contributed by atoms with Gasteiger partial charge in [0.05, 0.1) is 6.61 Å². The lowest BCUT2D eigenvalue weighted by molar-refractivity contribution is 0.144. The van der Waals surface area contributed by atoms with Crippen molar-refractivity contribution in [3.8, 4) is 5.88 Å². The van der Waals surface area contributed by atoms with Gasteiger partial charge in [-0.1, -0.05) is 13.3 Å². The Labute approximate surface area is 109 Å². The highest BCUT2D eigenvalue weighted by atomic mass is 16.5. The largest absolute Gasteiger partial charge is 0.478 e. The van der Waals surface area contributed by atoms with Gasteiger partial charge in [0, 0.05) is 18.3 Å². The number of nitrogens with zero attached hydrogens (tertiary/aromatic N) is 2. The normalized spacial score (nSPS) is 17.1. The number of aromatic nitrogens is 2. The fourth-order valence-corrected chi connectivity index (χ4v) is 2.44. The molecule has 0 bridgehead atoms. The molecule has 0 spiro atoms. The quantitative estimate of drug-likeness (QED) is 0.841. The summed E-state index contributed by atoms with van der Waals surface area (Å²) in [4.78, 5) is 8.78. The Balaban J connectivity index is 2.00. The van der Waals surface area contributed by atoms with Gasteiger partial charge in [-0.05, 0) is 38.5 Å². The lowest BCUT2D eigenvalue weighted by atomic mass is 9.67. The van der Waals surface area contributed by atoms with Crippen LogP contribution in [0.15, 0.2) is 6.07 Å². The first-order valence-electron chi connectivity index (χ1n) is 6.90. The van der Waals surface area contributed by atoms with E-state index in [1.807, 2.05) is 19.9 Å². The van der Waals surface area contributed by atoms with Crippen molar-refractivity contribution in [3.05, 3.63) is 11.8 Å². The summed E-state index contributed by atoms with van der Waals surface area (Å²) in [6.45, 7) is 7.80. The molecule has 18 heavy (non-hydrogen) atoms. The van der Waals surface area contributed by atoms with E-state index in [1.54, 1.807) is 0 Å². The average molecular weight is 249 g/mol. The third kappa shape index (κ3) is 2.92. The number of anilines is 1. The molecule has 0 aliphatic heterocycles. The Morgan fingerprint density at radius 3 is 2.67 bits per heavy atom. The molecule has 0 atom stereocenters. The Hall–Kier alpha value is -1.32. The molecule has 4 heteroatoms. The molecule has 0 unspecified atom stereocenters. The van der Waals surface area contributed by atoms with E-state index in [0.717, 1.165) is 12.2 Å². The van der Waals surface area contributed by atoms with E-state index in [1.165, 1.54) is 25.7 Å². The van der Waals surface area contributed by atoms with Crippen LogP contribution in [0.1, 0.15) is 45.2 Å². The van der Waals surface area contributed by atoms with Crippen LogP contribution in [-0.4, -0.2) is 23.1 Å². The van der Waals surface area contributed by atoms with E-state index < -0.39 is 0 Å². The van der Waals surface area contributed by atoms with Crippen LogP contribution in [0.2, 0.25) is 0 Å². The molecule has 1 heterocycles. The molecular weight excluding hydrogens is 226 g/mol. The van der Waals surface area contributed by atoms with Gasteiger partial charge in [0.15, 0.2) is 0 Å². The van der Waals surface area contributed by atoms with Gasteiger partial charge >= 0.3 is 0 Å². The van der Waals surface area contributed by atoms with Crippen molar-refractivity contribution in [3.63, 3.8) is 0 Å². The maximum atomic E-state index is 5.43. The maximum Gasteiger partial charge on any atom is 0.226 e. The molecule has 4 nitrogen and oxygen atoms in total. The fraction of sp³-hybridized carbons (Fsp3) is 0.714. The van der Waals surface area contributed by atoms with Gasteiger partial charge in [0.25, 0.3) is 0 Å². The molecule has 0 aromatic carbocycles. The van der Waals surface area contributed by atoms with Gasteiger partial charge in [-0.15, -0.1) is 0 Å². The molecule has 2 rings (SSSR count). The van der Waals surface area contributed by atoms with E-state index in [4.69, 9.17) is 4.74 Å². The molecule has 1 N–H and O–H groups in total. The highest BCUT2D eigenvalue weighted by Crippen LogP contribution is 2.43. The summed E-state index contributed by atoms with van der Waals surface area (Å²) in [6, 6.07) is 1.87. The Morgan fingerprint density at radius 1 is 1.33 bits per heavy atom. The molecule has 0 amide bonds. The lowest BCUT2D eigenvalue weighted by Crippen LogP contribution is -2.36. The number of nitrogens with one attached hydrogen (secondary N) is 1. The standard InChI is InChI=1S/C14H23N3O/c1-4-14(7-6-8-14)10-15-13-16-11(3)9-12(17-13)18-5-2/h9H,4-8,10H2,1-3H3,(H,15,16,17). The first-order valence-corrected chi connectivity index (χ1v) is 6.90. The Morgan fingerprint density at radius 2 is 2.11 bits per heavy atom. The summed E-state index contributed by atoms with van der Waals surface area (Å²) in [7, 11) is 0. The van der Waals surface area contributed by atoms with E-state index in [9.17, 15) is 0 Å². The van der Waals surface area contributed by atoms with Crippen LogP contribution < -0.4 is 10.1 Å². The van der Waals surface area contributed by atoms with Crippen LogP contribution in [0.4, 0.5) is 5.95 Å². The molecular formula is C14H23N3O. The van der Waals surface area contributed by atoms with Crippen molar-refractivity contribution >= 4 is 5.95 Å². The first kappa shape index (κ1) is 13.1. The van der Waals surface area contributed by atoms with Gasteiger partial charge < -0.3 is 10.1 Å². The Kier molecular flexibility index (Phi) is 4.04. The fourth-order valence-electron chi connectivity index (χ4n) is 2.44. The molecule has 0 radical (unpaired) electrons. The van der Waals surface area contributed by atoms with Crippen LogP contribution in [0.5, 0.6) is 5.88 Å². The molecule has 1 fully saturated rings. The van der Waals surface area contributed by atoms with E-state index in [-0.39, 0.29) is 0 Å². The van der Waals surface area contributed by atoms with Crippen molar-refractivity contribution in [1.29, 1.82) is 0 Å². The van der Waals surface area contributed by atoms with Crippen molar-refractivity contribution in [2.24, 2.45) is 5.41 Å². The SMILES string of the molecule is CCOc1cc(C)nc(NCC2(CC)CCC2)n1. The molecule has 100 valence electrons. The van der Waals surface area contributed by atoms with E-state index >= 15 is 0 Å². The summed E-state index contributed by atoms with van der Waals surface area (Å²) in [5, 5.41) is 3.38.